The number of carbonyl (C=O) groups is 2. The van der Waals surface area contributed by atoms with Crippen LogP contribution in [0.1, 0.15) is 35.5 Å². The summed E-state index contributed by atoms with van der Waals surface area (Å²) < 4.78 is 15.9. The van der Waals surface area contributed by atoms with Gasteiger partial charge in [0.1, 0.15) is 5.82 Å². The molecule has 3 aromatic rings. The molecule has 1 atom stereocenters. The number of nitrogens with one attached hydrogen (secondary N) is 2. The minimum absolute atomic E-state index is 0.312. The molecule has 0 fully saturated rings. The van der Waals surface area contributed by atoms with Crippen LogP contribution in [0.15, 0.2) is 65.8 Å². The van der Waals surface area contributed by atoms with Gasteiger partial charge >= 0.3 is 11.8 Å². The first-order valence-corrected chi connectivity index (χ1v) is 9.51. The van der Waals surface area contributed by atoms with Gasteiger partial charge in [0.05, 0.1) is 17.9 Å². The molecule has 7 heteroatoms. The van der Waals surface area contributed by atoms with Gasteiger partial charge in [0, 0.05) is 17.0 Å². The molecule has 0 unspecified atom stereocenters. The summed E-state index contributed by atoms with van der Waals surface area (Å²) in [5, 5.41) is 6.51. The van der Waals surface area contributed by atoms with Crippen LogP contribution >= 0.6 is 0 Å². The highest BCUT2D eigenvalue weighted by Crippen LogP contribution is 2.21. The number of carbonyl (C=O) groups excluding carboxylic acids is 2. The smallest absolute Gasteiger partial charge is 0.329 e. The number of halogens is 1. The summed E-state index contributed by atoms with van der Waals surface area (Å²) in [5.74, 6) is -1.97. The van der Waals surface area contributed by atoms with Crippen molar-refractivity contribution in [2.24, 2.45) is 5.10 Å². The molecule has 0 radical (unpaired) electrons. The first-order valence-electron chi connectivity index (χ1n) is 9.51. The van der Waals surface area contributed by atoms with Crippen molar-refractivity contribution >= 4 is 18.0 Å². The summed E-state index contributed by atoms with van der Waals surface area (Å²) in [4.78, 5) is 24.1. The Kier molecular flexibility index (Phi) is 6.41. The summed E-state index contributed by atoms with van der Waals surface area (Å²) in [6.45, 7) is 5.48. The minimum Gasteiger partial charge on any atom is -0.341 e. The van der Waals surface area contributed by atoms with Crippen molar-refractivity contribution in [2.75, 3.05) is 0 Å². The van der Waals surface area contributed by atoms with Crippen LogP contribution in [0, 0.1) is 19.7 Å². The quantitative estimate of drug-likeness (QED) is 0.386. The molecule has 0 aliphatic rings. The maximum Gasteiger partial charge on any atom is 0.329 e. The maximum absolute atomic E-state index is 14.2. The molecular formula is C23H23FN4O2. The second-order valence-electron chi connectivity index (χ2n) is 6.92. The minimum atomic E-state index is -0.864. The van der Waals surface area contributed by atoms with Crippen LogP contribution in [0.4, 0.5) is 4.39 Å². The highest BCUT2D eigenvalue weighted by atomic mass is 19.1. The van der Waals surface area contributed by atoms with Crippen LogP contribution in [0.25, 0.3) is 5.69 Å². The van der Waals surface area contributed by atoms with E-state index in [1.807, 2.05) is 50.2 Å². The molecule has 2 aromatic carbocycles. The number of hydrogen-bond acceptors (Lipinski definition) is 3. The molecule has 0 aliphatic heterocycles. The van der Waals surface area contributed by atoms with Gasteiger partial charge in [-0.25, -0.2) is 9.82 Å². The standard InChI is InChI=1S/C23H23FN4O2/c1-15-13-19(17(3)28(15)21-12-8-7-11-20(21)24)14-25-27-23(30)22(29)26-16(2)18-9-5-4-6-10-18/h4-14,16H,1-3H3,(H,26,29)(H,27,30)/b25-14-/t16-/m0/s1. The van der Waals surface area contributed by atoms with Gasteiger partial charge in [0.2, 0.25) is 0 Å². The Morgan fingerprint density at radius 1 is 1.03 bits per heavy atom. The topological polar surface area (TPSA) is 75.5 Å². The van der Waals surface area contributed by atoms with E-state index in [4.69, 9.17) is 0 Å². The summed E-state index contributed by atoms with van der Waals surface area (Å²) >= 11 is 0. The molecule has 6 nitrogen and oxygen atoms in total. The molecule has 2 amide bonds. The molecule has 2 N–H and O–H groups in total. The van der Waals surface area contributed by atoms with Gasteiger partial charge in [0.15, 0.2) is 0 Å². The molecule has 0 aliphatic carbocycles. The maximum atomic E-state index is 14.2. The Bertz CT molecular complexity index is 1090. The number of aryl methyl sites for hydroxylation is 1. The van der Waals surface area contributed by atoms with Gasteiger partial charge in [-0.1, -0.05) is 42.5 Å². The van der Waals surface area contributed by atoms with Crippen molar-refractivity contribution in [3.63, 3.8) is 0 Å². The molecular weight excluding hydrogens is 383 g/mol. The Morgan fingerprint density at radius 2 is 1.70 bits per heavy atom. The van der Waals surface area contributed by atoms with Crippen LogP contribution in [0.2, 0.25) is 0 Å². The van der Waals surface area contributed by atoms with E-state index < -0.39 is 11.8 Å². The number of nitrogens with zero attached hydrogens (tertiary/aromatic N) is 2. The van der Waals surface area contributed by atoms with Crippen LogP contribution in [0.5, 0.6) is 0 Å². The number of hydrogen-bond donors (Lipinski definition) is 2. The summed E-state index contributed by atoms with van der Waals surface area (Å²) in [6.07, 6.45) is 1.44. The number of benzene rings is 2. The van der Waals surface area contributed by atoms with Crippen molar-refractivity contribution in [3.05, 3.63) is 89.0 Å². The third kappa shape index (κ3) is 4.63. The largest absolute Gasteiger partial charge is 0.341 e. The Labute approximate surface area is 174 Å². The molecule has 0 spiro atoms. The van der Waals surface area contributed by atoms with Crippen LogP contribution < -0.4 is 10.7 Å². The predicted molar refractivity (Wildman–Crippen MR) is 114 cm³/mol. The zero-order chi connectivity index (χ0) is 21.7. The number of para-hydroxylation sites is 1. The third-order valence-electron chi connectivity index (χ3n) is 4.79. The highest BCUT2D eigenvalue weighted by Gasteiger charge is 2.17. The average molecular weight is 406 g/mol. The monoisotopic (exact) mass is 406 g/mol. The number of amides is 2. The van der Waals surface area contributed by atoms with Crippen LogP contribution in [-0.2, 0) is 9.59 Å². The van der Waals surface area contributed by atoms with Crippen molar-refractivity contribution < 1.29 is 14.0 Å². The van der Waals surface area contributed by atoms with E-state index >= 15 is 0 Å². The number of hydrazone groups is 1. The average Bonchev–Trinajstić information content (AvgIpc) is 3.02. The molecule has 30 heavy (non-hydrogen) atoms. The first-order chi connectivity index (χ1) is 14.4. The Balaban J connectivity index is 1.65. The van der Waals surface area contributed by atoms with E-state index in [1.54, 1.807) is 29.7 Å². The van der Waals surface area contributed by atoms with Crippen molar-refractivity contribution in [1.82, 2.24) is 15.3 Å². The van der Waals surface area contributed by atoms with E-state index in [-0.39, 0.29) is 11.9 Å². The Hall–Kier alpha value is -3.74. The SMILES string of the molecule is Cc1cc(/C=N\NC(=O)C(=O)N[C@@H](C)c2ccccc2)c(C)n1-c1ccccc1F. The molecule has 0 saturated heterocycles. The zero-order valence-electron chi connectivity index (χ0n) is 17.0. The van der Waals surface area contributed by atoms with E-state index in [2.05, 4.69) is 15.8 Å². The molecule has 0 bridgehead atoms. The van der Waals surface area contributed by atoms with Gasteiger partial charge in [-0.2, -0.15) is 5.10 Å². The van der Waals surface area contributed by atoms with E-state index in [0.29, 0.717) is 11.3 Å². The molecule has 154 valence electrons. The second kappa shape index (κ2) is 9.17. The summed E-state index contributed by atoms with van der Waals surface area (Å²) in [7, 11) is 0. The summed E-state index contributed by atoms with van der Waals surface area (Å²) in [5.41, 5.74) is 5.84. The van der Waals surface area contributed by atoms with Crippen molar-refractivity contribution in [2.45, 2.75) is 26.8 Å². The van der Waals surface area contributed by atoms with Gasteiger partial charge in [-0.05, 0) is 44.5 Å². The lowest BCUT2D eigenvalue weighted by Gasteiger charge is -2.13. The Morgan fingerprint density at radius 3 is 2.40 bits per heavy atom. The lowest BCUT2D eigenvalue weighted by Crippen LogP contribution is -2.39. The van der Waals surface area contributed by atoms with Gasteiger partial charge in [0.25, 0.3) is 0 Å². The number of aromatic nitrogens is 1. The first kappa shape index (κ1) is 21.0. The lowest BCUT2D eigenvalue weighted by atomic mass is 10.1. The molecule has 3 rings (SSSR count). The molecule has 0 saturated carbocycles. The van der Waals surface area contributed by atoms with E-state index in [1.165, 1.54) is 12.3 Å². The molecule has 1 aromatic heterocycles. The second-order valence-corrected chi connectivity index (χ2v) is 6.92. The fourth-order valence-electron chi connectivity index (χ4n) is 3.22. The highest BCUT2D eigenvalue weighted by molar-refractivity contribution is 6.35. The zero-order valence-corrected chi connectivity index (χ0v) is 17.0. The van der Waals surface area contributed by atoms with Gasteiger partial charge < -0.3 is 9.88 Å². The predicted octanol–water partition coefficient (Wildman–Crippen LogP) is 3.56. The summed E-state index contributed by atoms with van der Waals surface area (Å²) in [6, 6.07) is 17.3. The fraction of sp³-hybridized carbons (Fsp3) is 0.174. The van der Waals surface area contributed by atoms with Crippen molar-refractivity contribution in [1.29, 1.82) is 0 Å². The van der Waals surface area contributed by atoms with E-state index in [0.717, 1.165) is 17.0 Å². The number of rotatable bonds is 5. The molecule has 1 heterocycles. The van der Waals surface area contributed by atoms with Gasteiger partial charge in [-0.3, -0.25) is 9.59 Å². The normalized spacial score (nSPS) is 12.0. The van der Waals surface area contributed by atoms with Crippen LogP contribution in [0.3, 0.4) is 0 Å². The fourth-order valence-corrected chi connectivity index (χ4v) is 3.22. The van der Waals surface area contributed by atoms with E-state index in [9.17, 15) is 14.0 Å². The lowest BCUT2D eigenvalue weighted by molar-refractivity contribution is -0.139. The van der Waals surface area contributed by atoms with Crippen molar-refractivity contribution in [3.8, 4) is 5.69 Å². The van der Waals surface area contributed by atoms with Crippen LogP contribution in [-0.4, -0.2) is 22.6 Å². The van der Waals surface area contributed by atoms with Gasteiger partial charge in [-0.15, -0.1) is 0 Å². The third-order valence-corrected chi connectivity index (χ3v) is 4.79.